The zero-order chi connectivity index (χ0) is 13.2. The van der Waals surface area contributed by atoms with E-state index in [0.717, 1.165) is 25.7 Å². The lowest BCUT2D eigenvalue weighted by Crippen LogP contribution is -2.47. The number of likely N-dealkylation sites (N-methyl/N-ethyl adjacent to an activating group) is 1. The molecule has 1 aliphatic rings. The van der Waals surface area contributed by atoms with Crippen LogP contribution in [0.5, 0.6) is 0 Å². The van der Waals surface area contributed by atoms with Crippen LogP contribution in [-0.4, -0.2) is 42.6 Å². The standard InChI is InChI=1S/C12H16F3N3/c1-2-17-6-8-18(9-7-17)11-10(12(13,14)15)4-3-5-16-11/h3-5H,2,6-9H2,1H3. The van der Waals surface area contributed by atoms with Crippen LogP contribution < -0.4 is 4.90 Å². The molecule has 0 spiro atoms. The maximum absolute atomic E-state index is 12.9. The van der Waals surface area contributed by atoms with Crippen LogP contribution in [0.25, 0.3) is 0 Å². The van der Waals surface area contributed by atoms with Crippen molar-refractivity contribution in [2.24, 2.45) is 0 Å². The van der Waals surface area contributed by atoms with Gasteiger partial charge in [0, 0.05) is 32.4 Å². The van der Waals surface area contributed by atoms with Gasteiger partial charge in [-0.2, -0.15) is 13.2 Å². The Labute approximate surface area is 104 Å². The predicted octanol–water partition coefficient (Wildman–Crippen LogP) is 2.24. The molecule has 0 atom stereocenters. The molecule has 2 heterocycles. The van der Waals surface area contributed by atoms with E-state index in [2.05, 4.69) is 16.8 Å². The lowest BCUT2D eigenvalue weighted by Gasteiger charge is -2.35. The molecular formula is C12H16F3N3. The lowest BCUT2D eigenvalue weighted by atomic mass is 10.2. The Balaban J connectivity index is 2.19. The molecule has 18 heavy (non-hydrogen) atoms. The fourth-order valence-electron chi connectivity index (χ4n) is 2.15. The van der Waals surface area contributed by atoms with Gasteiger partial charge in [-0.15, -0.1) is 0 Å². The van der Waals surface area contributed by atoms with Gasteiger partial charge in [-0.05, 0) is 18.7 Å². The van der Waals surface area contributed by atoms with Crippen molar-refractivity contribution >= 4 is 5.82 Å². The summed E-state index contributed by atoms with van der Waals surface area (Å²) in [4.78, 5) is 7.84. The first-order valence-corrected chi connectivity index (χ1v) is 6.02. The number of hydrogen-bond acceptors (Lipinski definition) is 3. The van der Waals surface area contributed by atoms with E-state index < -0.39 is 11.7 Å². The Bertz CT molecular complexity index is 398. The Hall–Kier alpha value is -1.30. The summed E-state index contributed by atoms with van der Waals surface area (Å²) in [6, 6.07) is 2.42. The highest BCUT2D eigenvalue weighted by Crippen LogP contribution is 2.35. The average molecular weight is 259 g/mol. The summed E-state index contributed by atoms with van der Waals surface area (Å²) in [5, 5.41) is 0. The first-order chi connectivity index (χ1) is 8.52. The summed E-state index contributed by atoms with van der Waals surface area (Å²) in [5.74, 6) is 0.0563. The van der Waals surface area contributed by atoms with Gasteiger partial charge in [-0.25, -0.2) is 4.98 Å². The minimum Gasteiger partial charge on any atom is -0.354 e. The van der Waals surface area contributed by atoms with Crippen LogP contribution >= 0.6 is 0 Å². The quantitative estimate of drug-likeness (QED) is 0.812. The fourth-order valence-corrected chi connectivity index (χ4v) is 2.15. The maximum atomic E-state index is 12.9. The van der Waals surface area contributed by atoms with Crippen molar-refractivity contribution in [2.75, 3.05) is 37.6 Å². The van der Waals surface area contributed by atoms with Crippen molar-refractivity contribution in [3.63, 3.8) is 0 Å². The molecule has 0 unspecified atom stereocenters. The molecule has 1 fully saturated rings. The van der Waals surface area contributed by atoms with Crippen LogP contribution in [0.3, 0.4) is 0 Å². The van der Waals surface area contributed by atoms with E-state index in [-0.39, 0.29) is 5.82 Å². The van der Waals surface area contributed by atoms with Crippen LogP contribution in [0.1, 0.15) is 12.5 Å². The number of pyridine rings is 1. The summed E-state index contributed by atoms with van der Waals surface area (Å²) >= 11 is 0. The Morgan fingerprint density at radius 1 is 1.22 bits per heavy atom. The van der Waals surface area contributed by atoms with Gasteiger partial charge in [-0.3, -0.25) is 0 Å². The van der Waals surface area contributed by atoms with Crippen LogP contribution in [-0.2, 0) is 6.18 Å². The predicted molar refractivity (Wildman–Crippen MR) is 63.6 cm³/mol. The molecule has 0 aliphatic carbocycles. The molecule has 1 aromatic rings. The van der Waals surface area contributed by atoms with E-state index in [0.29, 0.717) is 13.1 Å². The normalized spacial score (nSPS) is 18.1. The van der Waals surface area contributed by atoms with Crippen molar-refractivity contribution in [1.29, 1.82) is 0 Å². The zero-order valence-corrected chi connectivity index (χ0v) is 10.2. The van der Waals surface area contributed by atoms with Gasteiger partial charge in [0.1, 0.15) is 5.82 Å². The van der Waals surface area contributed by atoms with Gasteiger partial charge in [-0.1, -0.05) is 6.92 Å². The summed E-state index contributed by atoms with van der Waals surface area (Å²) in [5.41, 5.74) is -0.644. The number of piperazine rings is 1. The third-order valence-electron chi connectivity index (χ3n) is 3.21. The van der Waals surface area contributed by atoms with E-state index in [1.807, 2.05) is 0 Å². The molecule has 6 heteroatoms. The molecule has 0 N–H and O–H groups in total. The van der Waals surface area contributed by atoms with E-state index >= 15 is 0 Å². The maximum Gasteiger partial charge on any atom is 0.419 e. The summed E-state index contributed by atoms with van der Waals surface area (Å²) in [6.45, 7) is 5.73. The molecule has 0 saturated carbocycles. The van der Waals surface area contributed by atoms with Crippen molar-refractivity contribution in [1.82, 2.24) is 9.88 Å². The lowest BCUT2D eigenvalue weighted by molar-refractivity contribution is -0.137. The molecule has 1 aliphatic heterocycles. The highest BCUT2D eigenvalue weighted by atomic mass is 19.4. The second kappa shape index (κ2) is 5.14. The van der Waals surface area contributed by atoms with Crippen molar-refractivity contribution < 1.29 is 13.2 Å². The number of halogens is 3. The van der Waals surface area contributed by atoms with Crippen LogP contribution in [0.15, 0.2) is 18.3 Å². The Morgan fingerprint density at radius 3 is 2.44 bits per heavy atom. The van der Waals surface area contributed by atoms with Crippen molar-refractivity contribution in [2.45, 2.75) is 13.1 Å². The second-order valence-electron chi connectivity index (χ2n) is 4.29. The van der Waals surface area contributed by atoms with Gasteiger partial charge in [0.2, 0.25) is 0 Å². The van der Waals surface area contributed by atoms with E-state index in [1.165, 1.54) is 12.3 Å². The minimum atomic E-state index is -4.34. The average Bonchev–Trinajstić information content (AvgIpc) is 2.38. The number of aromatic nitrogens is 1. The highest BCUT2D eigenvalue weighted by molar-refractivity contribution is 5.48. The first kappa shape index (κ1) is 13.1. The Kier molecular flexibility index (Phi) is 3.75. The third kappa shape index (κ3) is 2.75. The van der Waals surface area contributed by atoms with Gasteiger partial charge < -0.3 is 9.80 Å². The van der Waals surface area contributed by atoms with E-state index in [9.17, 15) is 13.2 Å². The summed E-state index contributed by atoms with van der Waals surface area (Å²) in [6.07, 6.45) is -2.93. The number of hydrogen-bond donors (Lipinski definition) is 0. The van der Waals surface area contributed by atoms with Gasteiger partial charge in [0.15, 0.2) is 0 Å². The smallest absolute Gasteiger partial charge is 0.354 e. The fraction of sp³-hybridized carbons (Fsp3) is 0.583. The SMILES string of the molecule is CCN1CCN(c2ncccc2C(F)(F)F)CC1. The van der Waals surface area contributed by atoms with E-state index in [1.54, 1.807) is 4.90 Å². The zero-order valence-electron chi connectivity index (χ0n) is 10.2. The van der Waals surface area contributed by atoms with Gasteiger partial charge in [0.05, 0.1) is 5.56 Å². The molecule has 1 aromatic heterocycles. The molecule has 3 nitrogen and oxygen atoms in total. The molecule has 100 valence electrons. The highest BCUT2D eigenvalue weighted by Gasteiger charge is 2.36. The minimum absolute atomic E-state index is 0.0563. The molecule has 0 aromatic carbocycles. The number of nitrogens with zero attached hydrogens (tertiary/aromatic N) is 3. The molecule has 0 bridgehead atoms. The van der Waals surface area contributed by atoms with E-state index in [4.69, 9.17) is 0 Å². The molecule has 0 amide bonds. The van der Waals surface area contributed by atoms with Crippen molar-refractivity contribution in [3.05, 3.63) is 23.9 Å². The van der Waals surface area contributed by atoms with Gasteiger partial charge in [0.25, 0.3) is 0 Å². The van der Waals surface area contributed by atoms with Crippen LogP contribution in [0.2, 0.25) is 0 Å². The molecular weight excluding hydrogens is 243 g/mol. The molecule has 0 radical (unpaired) electrons. The number of rotatable bonds is 2. The van der Waals surface area contributed by atoms with Crippen LogP contribution in [0, 0.1) is 0 Å². The molecule has 2 rings (SSSR count). The Morgan fingerprint density at radius 2 is 1.89 bits per heavy atom. The third-order valence-corrected chi connectivity index (χ3v) is 3.21. The largest absolute Gasteiger partial charge is 0.419 e. The first-order valence-electron chi connectivity index (χ1n) is 6.02. The second-order valence-corrected chi connectivity index (χ2v) is 4.29. The monoisotopic (exact) mass is 259 g/mol. The topological polar surface area (TPSA) is 19.4 Å². The summed E-state index contributed by atoms with van der Waals surface area (Å²) < 4.78 is 38.6. The number of alkyl halides is 3. The summed E-state index contributed by atoms with van der Waals surface area (Å²) in [7, 11) is 0. The van der Waals surface area contributed by atoms with Crippen LogP contribution in [0.4, 0.5) is 19.0 Å². The number of anilines is 1. The molecule has 1 saturated heterocycles. The van der Waals surface area contributed by atoms with Gasteiger partial charge >= 0.3 is 6.18 Å². The van der Waals surface area contributed by atoms with Crippen molar-refractivity contribution in [3.8, 4) is 0 Å².